The number of thioether (sulfide) groups is 1. The van der Waals surface area contributed by atoms with Gasteiger partial charge in [-0.1, -0.05) is 31.2 Å². The van der Waals surface area contributed by atoms with Gasteiger partial charge in [0.1, 0.15) is 0 Å². The Bertz CT molecular complexity index is 567. The van der Waals surface area contributed by atoms with E-state index in [0.717, 1.165) is 24.5 Å². The van der Waals surface area contributed by atoms with Gasteiger partial charge in [-0.25, -0.2) is 4.68 Å². The second-order valence-corrected chi connectivity index (χ2v) is 6.40. The van der Waals surface area contributed by atoms with E-state index in [9.17, 15) is 0 Å². The van der Waals surface area contributed by atoms with Crippen molar-refractivity contribution in [1.82, 2.24) is 20.2 Å². The summed E-state index contributed by atoms with van der Waals surface area (Å²) < 4.78 is 1.93. The number of benzene rings is 1. The van der Waals surface area contributed by atoms with Gasteiger partial charge in [-0.2, -0.15) is 0 Å². The van der Waals surface area contributed by atoms with Crippen molar-refractivity contribution in [1.29, 1.82) is 0 Å². The van der Waals surface area contributed by atoms with Crippen LogP contribution in [0.4, 0.5) is 0 Å². The van der Waals surface area contributed by atoms with Gasteiger partial charge < -0.3 is 0 Å². The number of aryl methyl sites for hydroxylation is 2. The molecule has 0 N–H and O–H groups in total. The molecular formula is C15H20N4S. The maximum absolute atomic E-state index is 4.16. The number of hydrogen-bond donors (Lipinski definition) is 0. The number of aromatic nitrogens is 4. The second-order valence-electron chi connectivity index (χ2n) is 5.21. The minimum absolute atomic E-state index is 0.590. The fraction of sp³-hybridized carbons (Fsp3) is 0.533. The van der Waals surface area contributed by atoms with Crippen LogP contribution in [0.1, 0.15) is 48.4 Å². The lowest BCUT2D eigenvalue weighted by molar-refractivity contribution is 0.564. The Morgan fingerprint density at radius 1 is 1.35 bits per heavy atom. The zero-order chi connectivity index (χ0) is 13.8. The fourth-order valence-electron chi connectivity index (χ4n) is 2.77. The monoisotopic (exact) mass is 288 g/mol. The Balaban J connectivity index is 1.69. The lowest BCUT2D eigenvalue weighted by Crippen LogP contribution is -2.09. The summed E-state index contributed by atoms with van der Waals surface area (Å²) in [4.78, 5) is 0. The van der Waals surface area contributed by atoms with E-state index in [1.165, 1.54) is 30.4 Å². The largest absolute Gasteiger partial charge is 0.229 e. The molecule has 3 rings (SSSR count). The molecule has 1 aliphatic rings. The average Bonchev–Trinajstić information content (AvgIpc) is 2.93. The van der Waals surface area contributed by atoms with Crippen molar-refractivity contribution >= 4 is 11.8 Å². The predicted octanol–water partition coefficient (Wildman–Crippen LogP) is 3.39. The van der Waals surface area contributed by atoms with Gasteiger partial charge in [0.2, 0.25) is 0 Å². The number of nitrogens with zero attached hydrogens (tertiary/aromatic N) is 4. The van der Waals surface area contributed by atoms with Gasteiger partial charge in [0.05, 0.1) is 5.75 Å². The Labute approximate surface area is 124 Å². The maximum Gasteiger partial charge on any atom is 0.161 e. The van der Waals surface area contributed by atoms with Crippen LogP contribution in [0.15, 0.2) is 24.3 Å². The van der Waals surface area contributed by atoms with E-state index in [2.05, 4.69) is 46.7 Å². The van der Waals surface area contributed by atoms with E-state index in [4.69, 9.17) is 0 Å². The normalized spacial score (nSPS) is 17.9. The van der Waals surface area contributed by atoms with Crippen molar-refractivity contribution in [2.75, 3.05) is 0 Å². The molecule has 5 heteroatoms. The van der Waals surface area contributed by atoms with Crippen molar-refractivity contribution in [3.63, 3.8) is 0 Å². The van der Waals surface area contributed by atoms with Crippen LogP contribution in [0, 0.1) is 0 Å². The van der Waals surface area contributed by atoms with Crippen LogP contribution >= 0.6 is 11.8 Å². The molecule has 1 aromatic heterocycles. The molecule has 1 aromatic carbocycles. The van der Waals surface area contributed by atoms with Crippen molar-refractivity contribution in [2.24, 2.45) is 0 Å². The smallest absolute Gasteiger partial charge is 0.161 e. The van der Waals surface area contributed by atoms with E-state index < -0.39 is 0 Å². The maximum atomic E-state index is 4.16. The summed E-state index contributed by atoms with van der Waals surface area (Å²) >= 11 is 1.97. The lowest BCUT2D eigenvalue weighted by Gasteiger charge is -2.24. The quantitative estimate of drug-likeness (QED) is 0.846. The van der Waals surface area contributed by atoms with E-state index in [1.807, 2.05) is 16.4 Å². The highest BCUT2D eigenvalue weighted by atomic mass is 32.2. The van der Waals surface area contributed by atoms with Crippen molar-refractivity contribution < 1.29 is 0 Å². The summed E-state index contributed by atoms with van der Waals surface area (Å²) in [7, 11) is 0. The number of rotatable bonds is 5. The van der Waals surface area contributed by atoms with E-state index in [-0.39, 0.29) is 0 Å². The second kappa shape index (κ2) is 6.39. The first-order chi connectivity index (χ1) is 9.88. The molecule has 1 unspecified atom stereocenters. The van der Waals surface area contributed by atoms with E-state index in [1.54, 1.807) is 0 Å². The molecule has 4 nitrogen and oxygen atoms in total. The SMILES string of the molecule is CCCn1nnnc1CSC1CCCc2ccccc21. The molecule has 0 radical (unpaired) electrons. The van der Waals surface area contributed by atoms with Crippen molar-refractivity contribution in [3.05, 3.63) is 41.2 Å². The third-order valence-electron chi connectivity index (χ3n) is 3.77. The average molecular weight is 288 g/mol. The topological polar surface area (TPSA) is 43.6 Å². The number of tetrazole rings is 1. The van der Waals surface area contributed by atoms with E-state index >= 15 is 0 Å². The molecule has 0 aliphatic heterocycles. The Morgan fingerprint density at radius 3 is 3.15 bits per heavy atom. The van der Waals surface area contributed by atoms with Gasteiger partial charge in [0.25, 0.3) is 0 Å². The van der Waals surface area contributed by atoms with Gasteiger partial charge in [-0.05, 0) is 47.2 Å². The summed E-state index contributed by atoms with van der Waals surface area (Å²) in [5, 5.41) is 12.6. The van der Waals surface area contributed by atoms with Crippen LogP contribution < -0.4 is 0 Å². The molecular weight excluding hydrogens is 268 g/mol. The van der Waals surface area contributed by atoms with Crippen molar-refractivity contribution in [3.8, 4) is 0 Å². The Hall–Kier alpha value is -1.36. The predicted molar refractivity (Wildman–Crippen MR) is 81.5 cm³/mol. The highest BCUT2D eigenvalue weighted by Gasteiger charge is 2.20. The third kappa shape index (κ3) is 2.87. The Morgan fingerprint density at radius 2 is 2.25 bits per heavy atom. The third-order valence-corrected chi connectivity index (χ3v) is 5.09. The molecule has 1 heterocycles. The molecule has 0 amide bonds. The minimum atomic E-state index is 0.590. The standard InChI is InChI=1S/C15H20N4S/c1-2-10-19-15(16-17-18-19)11-20-14-9-5-7-12-6-3-4-8-13(12)14/h3-4,6,8,14H,2,5,7,9-11H2,1H3. The fourth-order valence-corrected chi connectivity index (χ4v) is 4.07. The molecule has 0 spiro atoms. The molecule has 1 atom stereocenters. The van der Waals surface area contributed by atoms with Crippen LogP contribution in [0.3, 0.4) is 0 Å². The molecule has 106 valence electrons. The highest BCUT2D eigenvalue weighted by molar-refractivity contribution is 7.98. The summed E-state index contributed by atoms with van der Waals surface area (Å²) in [6.45, 7) is 3.06. The summed E-state index contributed by atoms with van der Waals surface area (Å²) in [5.41, 5.74) is 3.03. The Kier molecular flexibility index (Phi) is 4.35. The summed E-state index contributed by atoms with van der Waals surface area (Å²) in [5.74, 6) is 1.89. The number of fused-ring (bicyclic) bond motifs is 1. The van der Waals surface area contributed by atoms with Gasteiger partial charge in [-0.3, -0.25) is 0 Å². The molecule has 0 bridgehead atoms. The minimum Gasteiger partial charge on any atom is -0.229 e. The van der Waals surface area contributed by atoms with Gasteiger partial charge in [-0.15, -0.1) is 16.9 Å². The first kappa shape index (κ1) is 13.6. The van der Waals surface area contributed by atoms with Gasteiger partial charge in [0.15, 0.2) is 5.82 Å². The van der Waals surface area contributed by atoms with Gasteiger partial charge >= 0.3 is 0 Å². The molecule has 20 heavy (non-hydrogen) atoms. The molecule has 0 saturated heterocycles. The van der Waals surface area contributed by atoms with Crippen molar-refractivity contribution in [2.45, 2.75) is 50.2 Å². The van der Waals surface area contributed by atoms with Crippen LogP contribution in [0.2, 0.25) is 0 Å². The van der Waals surface area contributed by atoms with Crippen LogP contribution in [0.25, 0.3) is 0 Å². The van der Waals surface area contributed by atoms with Crippen LogP contribution in [0.5, 0.6) is 0 Å². The first-order valence-corrected chi connectivity index (χ1v) is 8.38. The molecule has 2 aromatic rings. The highest BCUT2D eigenvalue weighted by Crippen LogP contribution is 2.40. The molecule has 0 saturated carbocycles. The van der Waals surface area contributed by atoms with Crippen LogP contribution in [-0.4, -0.2) is 20.2 Å². The lowest BCUT2D eigenvalue weighted by atomic mass is 9.91. The van der Waals surface area contributed by atoms with Crippen LogP contribution in [-0.2, 0) is 18.7 Å². The number of hydrogen-bond acceptors (Lipinski definition) is 4. The van der Waals surface area contributed by atoms with E-state index in [0.29, 0.717) is 5.25 Å². The molecule has 1 aliphatic carbocycles. The summed E-state index contributed by atoms with van der Waals surface area (Å²) in [6.07, 6.45) is 4.83. The molecule has 0 fully saturated rings. The first-order valence-electron chi connectivity index (χ1n) is 7.33. The zero-order valence-electron chi connectivity index (χ0n) is 11.8. The zero-order valence-corrected chi connectivity index (χ0v) is 12.6. The van der Waals surface area contributed by atoms with Gasteiger partial charge in [0, 0.05) is 11.8 Å². The summed E-state index contributed by atoms with van der Waals surface area (Å²) in [6, 6.07) is 8.84.